The number of methoxy groups -OCH3 is 1. The average molecular weight is 378 g/mol. The third kappa shape index (κ3) is 4.70. The minimum absolute atomic E-state index is 0.160. The second-order valence-electron chi connectivity index (χ2n) is 6.87. The van der Waals surface area contributed by atoms with Crippen molar-refractivity contribution in [1.29, 1.82) is 0 Å². The van der Waals surface area contributed by atoms with Crippen LogP contribution in [0.25, 0.3) is 0 Å². The maximum Gasteiger partial charge on any atom is 0.243 e. The highest BCUT2D eigenvalue weighted by Crippen LogP contribution is 2.28. The minimum Gasteiger partial charge on any atom is -0.384 e. The van der Waals surface area contributed by atoms with Crippen molar-refractivity contribution in [1.82, 2.24) is 19.8 Å². The molecule has 0 bridgehead atoms. The summed E-state index contributed by atoms with van der Waals surface area (Å²) in [5.74, 6) is 0. The summed E-state index contributed by atoms with van der Waals surface area (Å²) in [6.45, 7) is 3.20. The molecule has 2 N–H and O–H groups in total. The van der Waals surface area contributed by atoms with Gasteiger partial charge >= 0.3 is 0 Å². The molecule has 0 aliphatic carbocycles. The summed E-state index contributed by atoms with van der Waals surface area (Å²) in [6, 6.07) is 9.82. The number of hydrogen-bond donors (Lipinski definition) is 2. The van der Waals surface area contributed by atoms with E-state index >= 15 is 0 Å². The number of ether oxygens (including phenoxy) is 1. The van der Waals surface area contributed by atoms with Crippen molar-refractivity contribution in [3.05, 3.63) is 48.3 Å². The van der Waals surface area contributed by atoms with Crippen molar-refractivity contribution in [2.24, 2.45) is 5.41 Å². The quantitative estimate of drug-likeness (QED) is 0.722. The minimum atomic E-state index is -3.60. The molecular formula is C18H26N4O3S. The molecule has 7 nitrogen and oxygen atoms in total. The van der Waals surface area contributed by atoms with Crippen LogP contribution in [-0.4, -0.2) is 51.5 Å². The molecule has 0 radical (unpaired) electrons. The molecule has 1 aliphatic heterocycles. The Kier molecular flexibility index (Phi) is 6.08. The summed E-state index contributed by atoms with van der Waals surface area (Å²) in [5, 5.41) is 7.50. The van der Waals surface area contributed by atoms with E-state index in [4.69, 9.17) is 4.74 Å². The number of benzene rings is 1. The van der Waals surface area contributed by atoms with Crippen LogP contribution in [0, 0.1) is 5.41 Å². The van der Waals surface area contributed by atoms with Crippen molar-refractivity contribution >= 4 is 10.0 Å². The van der Waals surface area contributed by atoms with E-state index in [0.29, 0.717) is 19.7 Å². The van der Waals surface area contributed by atoms with E-state index in [9.17, 15) is 8.42 Å². The zero-order valence-electron chi connectivity index (χ0n) is 15.0. The van der Waals surface area contributed by atoms with E-state index in [1.165, 1.54) is 6.20 Å². The zero-order chi connectivity index (χ0) is 18.5. The van der Waals surface area contributed by atoms with Gasteiger partial charge in [0.25, 0.3) is 0 Å². The Hall–Kier alpha value is -1.74. The Balaban J connectivity index is 1.66. The summed E-state index contributed by atoms with van der Waals surface area (Å²) >= 11 is 0. The van der Waals surface area contributed by atoms with Gasteiger partial charge in [-0.1, -0.05) is 30.3 Å². The highest BCUT2D eigenvalue weighted by atomic mass is 32.2. The van der Waals surface area contributed by atoms with Gasteiger partial charge in [-0.15, -0.1) is 0 Å². The van der Waals surface area contributed by atoms with Crippen LogP contribution in [0.2, 0.25) is 0 Å². The number of hydrogen-bond acceptors (Lipinski definition) is 5. The smallest absolute Gasteiger partial charge is 0.243 e. The molecule has 2 aromatic rings. The van der Waals surface area contributed by atoms with Crippen molar-refractivity contribution < 1.29 is 13.2 Å². The molecule has 2 heterocycles. The van der Waals surface area contributed by atoms with Gasteiger partial charge in [-0.25, -0.2) is 13.1 Å². The second-order valence-corrected chi connectivity index (χ2v) is 8.63. The van der Waals surface area contributed by atoms with Gasteiger partial charge in [-0.2, -0.15) is 5.10 Å². The fourth-order valence-electron chi connectivity index (χ4n) is 3.31. The number of nitrogens with zero attached hydrogens (tertiary/aromatic N) is 2. The first kappa shape index (κ1) is 19.0. The van der Waals surface area contributed by atoms with Crippen molar-refractivity contribution in [3.8, 4) is 0 Å². The highest BCUT2D eigenvalue weighted by molar-refractivity contribution is 7.89. The molecule has 1 aliphatic rings. The average Bonchev–Trinajstić information content (AvgIpc) is 3.12. The van der Waals surface area contributed by atoms with E-state index < -0.39 is 10.0 Å². The summed E-state index contributed by atoms with van der Waals surface area (Å²) in [7, 11) is -1.94. The molecule has 0 spiro atoms. The number of nitrogens with one attached hydrogen (secondary N) is 2. The Labute approximate surface area is 154 Å². The fourth-order valence-corrected chi connectivity index (χ4v) is 4.42. The molecule has 3 rings (SSSR count). The van der Waals surface area contributed by atoms with Crippen LogP contribution >= 0.6 is 0 Å². The van der Waals surface area contributed by atoms with E-state index in [0.717, 1.165) is 31.5 Å². The van der Waals surface area contributed by atoms with Crippen molar-refractivity contribution in [2.45, 2.75) is 24.3 Å². The molecule has 0 saturated carbocycles. The van der Waals surface area contributed by atoms with Crippen LogP contribution in [0.15, 0.2) is 47.6 Å². The SMILES string of the molecule is COCC1(CNS(=O)(=O)c2cnn(Cc3ccccc3)c2)CCNCC1. The van der Waals surface area contributed by atoms with Gasteiger partial charge in [0.15, 0.2) is 0 Å². The standard InChI is InChI=1S/C18H26N4O3S/c1-25-15-18(7-9-19-10-8-18)14-21-26(23,24)17-11-20-22(13-17)12-16-5-3-2-4-6-16/h2-6,11,13,19,21H,7-10,12,14-15H2,1H3. The first-order valence-electron chi connectivity index (χ1n) is 8.79. The number of rotatable bonds is 8. The molecule has 1 saturated heterocycles. The van der Waals surface area contributed by atoms with Gasteiger partial charge in [0, 0.05) is 25.3 Å². The van der Waals surface area contributed by atoms with E-state index in [1.54, 1.807) is 18.0 Å². The van der Waals surface area contributed by atoms with Crippen LogP contribution in [0.5, 0.6) is 0 Å². The van der Waals surface area contributed by atoms with Crippen LogP contribution in [0.4, 0.5) is 0 Å². The van der Waals surface area contributed by atoms with Gasteiger partial charge in [-0.3, -0.25) is 4.68 Å². The number of piperidine rings is 1. The summed E-state index contributed by atoms with van der Waals surface area (Å²) in [5.41, 5.74) is 0.911. The Bertz CT molecular complexity index is 793. The molecular weight excluding hydrogens is 352 g/mol. The predicted octanol–water partition coefficient (Wildman–Crippen LogP) is 1.23. The number of aromatic nitrogens is 2. The van der Waals surface area contributed by atoms with Crippen molar-refractivity contribution in [2.75, 3.05) is 33.4 Å². The van der Waals surface area contributed by atoms with Crippen LogP contribution in [0.1, 0.15) is 18.4 Å². The fraction of sp³-hybridized carbons (Fsp3) is 0.500. The molecule has 1 fully saturated rings. The summed E-state index contributed by atoms with van der Waals surface area (Å²) in [4.78, 5) is 0.190. The normalized spacial score (nSPS) is 17.3. The Morgan fingerprint density at radius 1 is 1.27 bits per heavy atom. The van der Waals surface area contributed by atoms with Crippen LogP contribution < -0.4 is 10.0 Å². The predicted molar refractivity (Wildman–Crippen MR) is 99.4 cm³/mol. The topological polar surface area (TPSA) is 85.2 Å². The van der Waals surface area contributed by atoms with E-state index in [2.05, 4.69) is 15.1 Å². The monoisotopic (exact) mass is 378 g/mol. The Morgan fingerprint density at radius 2 is 2.00 bits per heavy atom. The lowest BCUT2D eigenvalue weighted by Crippen LogP contribution is -2.47. The maximum atomic E-state index is 12.7. The molecule has 1 aromatic carbocycles. The first-order valence-corrected chi connectivity index (χ1v) is 10.3. The third-order valence-corrected chi connectivity index (χ3v) is 6.21. The molecule has 0 amide bonds. The molecule has 0 atom stereocenters. The van der Waals surface area contributed by atoms with Gasteiger partial charge in [0.2, 0.25) is 10.0 Å². The third-order valence-electron chi connectivity index (χ3n) is 4.86. The van der Waals surface area contributed by atoms with Crippen LogP contribution in [-0.2, 0) is 21.3 Å². The molecule has 1 aromatic heterocycles. The first-order chi connectivity index (χ1) is 12.5. The molecule has 0 unspecified atom stereocenters. The molecule has 8 heteroatoms. The lowest BCUT2D eigenvalue weighted by atomic mass is 9.80. The number of sulfonamides is 1. The molecule has 142 valence electrons. The van der Waals surface area contributed by atoms with Crippen molar-refractivity contribution in [3.63, 3.8) is 0 Å². The molecule has 26 heavy (non-hydrogen) atoms. The highest BCUT2D eigenvalue weighted by Gasteiger charge is 2.33. The summed E-state index contributed by atoms with van der Waals surface area (Å²) in [6.07, 6.45) is 4.74. The van der Waals surface area contributed by atoms with Gasteiger partial charge < -0.3 is 10.1 Å². The Morgan fingerprint density at radius 3 is 2.69 bits per heavy atom. The van der Waals surface area contributed by atoms with E-state index in [-0.39, 0.29) is 10.3 Å². The largest absolute Gasteiger partial charge is 0.384 e. The van der Waals surface area contributed by atoms with Gasteiger partial charge in [-0.05, 0) is 31.5 Å². The maximum absolute atomic E-state index is 12.7. The summed E-state index contributed by atoms with van der Waals surface area (Å²) < 4.78 is 35.1. The second kappa shape index (κ2) is 8.30. The zero-order valence-corrected chi connectivity index (χ0v) is 15.8. The lowest BCUT2D eigenvalue weighted by Gasteiger charge is -2.37. The van der Waals surface area contributed by atoms with Crippen LogP contribution in [0.3, 0.4) is 0 Å². The van der Waals surface area contributed by atoms with Gasteiger partial charge in [0.05, 0.1) is 19.3 Å². The van der Waals surface area contributed by atoms with Gasteiger partial charge in [0.1, 0.15) is 4.90 Å². The van der Waals surface area contributed by atoms with E-state index in [1.807, 2.05) is 30.3 Å². The lowest BCUT2D eigenvalue weighted by molar-refractivity contribution is 0.0577.